The van der Waals surface area contributed by atoms with E-state index in [2.05, 4.69) is 13.8 Å². The number of aldehydes is 2. The van der Waals surface area contributed by atoms with E-state index in [1.165, 1.54) is 12.8 Å². The van der Waals surface area contributed by atoms with E-state index in [0.29, 0.717) is 11.8 Å². The zero-order valence-corrected chi connectivity index (χ0v) is 9.11. The molecule has 0 aromatic heterocycles. The van der Waals surface area contributed by atoms with Gasteiger partial charge in [0.2, 0.25) is 0 Å². The van der Waals surface area contributed by atoms with Gasteiger partial charge in [0.1, 0.15) is 12.6 Å². The fourth-order valence-electron chi connectivity index (χ4n) is 2.40. The Kier molecular flexibility index (Phi) is 4.30. The minimum absolute atomic E-state index is 0.0368. The Morgan fingerprint density at radius 3 is 1.50 bits per heavy atom. The Morgan fingerprint density at radius 1 is 0.857 bits per heavy atom. The highest BCUT2D eigenvalue weighted by Gasteiger charge is 2.27. The minimum atomic E-state index is -0.0368. The Bertz CT molecular complexity index is 178. The van der Waals surface area contributed by atoms with Crippen molar-refractivity contribution >= 4 is 12.6 Å². The van der Waals surface area contributed by atoms with Gasteiger partial charge >= 0.3 is 0 Å². The molecule has 0 heterocycles. The van der Waals surface area contributed by atoms with Gasteiger partial charge in [-0.05, 0) is 24.7 Å². The van der Waals surface area contributed by atoms with Crippen molar-refractivity contribution in [3.63, 3.8) is 0 Å². The second-order valence-corrected chi connectivity index (χ2v) is 4.86. The van der Waals surface area contributed by atoms with Crippen molar-refractivity contribution in [1.82, 2.24) is 0 Å². The molecule has 4 atom stereocenters. The Balaban J connectivity index is 2.68. The van der Waals surface area contributed by atoms with Gasteiger partial charge in [-0.1, -0.05) is 26.7 Å². The van der Waals surface area contributed by atoms with Crippen LogP contribution in [0.4, 0.5) is 0 Å². The third-order valence-electron chi connectivity index (χ3n) is 3.40. The zero-order chi connectivity index (χ0) is 10.6. The molecule has 2 heteroatoms. The second kappa shape index (κ2) is 5.28. The third kappa shape index (κ3) is 2.93. The molecule has 4 unspecified atom stereocenters. The number of carbonyl (C=O) groups excluding carboxylic acids is 2. The molecular weight excluding hydrogens is 176 g/mol. The van der Waals surface area contributed by atoms with E-state index < -0.39 is 0 Å². The number of carbonyl (C=O) groups is 2. The second-order valence-electron chi connectivity index (χ2n) is 4.86. The van der Waals surface area contributed by atoms with Crippen molar-refractivity contribution in [1.29, 1.82) is 0 Å². The molecule has 80 valence electrons. The molecule has 0 N–H and O–H groups in total. The highest BCUT2D eigenvalue weighted by Crippen LogP contribution is 2.31. The summed E-state index contributed by atoms with van der Waals surface area (Å²) in [7, 11) is 0. The summed E-state index contributed by atoms with van der Waals surface area (Å²) in [4.78, 5) is 21.8. The first-order valence-electron chi connectivity index (χ1n) is 5.58. The summed E-state index contributed by atoms with van der Waals surface area (Å²) >= 11 is 0. The minimum Gasteiger partial charge on any atom is -0.303 e. The van der Waals surface area contributed by atoms with Crippen molar-refractivity contribution < 1.29 is 9.59 Å². The Labute approximate surface area is 86.1 Å². The van der Waals surface area contributed by atoms with Gasteiger partial charge in [0.15, 0.2) is 0 Å². The predicted molar refractivity (Wildman–Crippen MR) is 55.9 cm³/mol. The topological polar surface area (TPSA) is 34.1 Å². The van der Waals surface area contributed by atoms with Gasteiger partial charge in [0.25, 0.3) is 0 Å². The largest absolute Gasteiger partial charge is 0.303 e. The van der Waals surface area contributed by atoms with Crippen molar-refractivity contribution in [2.24, 2.45) is 23.7 Å². The lowest BCUT2D eigenvalue weighted by molar-refractivity contribution is -0.120. The van der Waals surface area contributed by atoms with Crippen molar-refractivity contribution in [3.8, 4) is 0 Å². The summed E-state index contributed by atoms with van der Waals surface area (Å²) in [6, 6.07) is 0. The van der Waals surface area contributed by atoms with E-state index in [1.54, 1.807) is 0 Å². The van der Waals surface area contributed by atoms with Crippen LogP contribution >= 0.6 is 0 Å². The summed E-state index contributed by atoms with van der Waals surface area (Å²) in [5.74, 6) is 1.08. The van der Waals surface area contributed by atoms with Crippen LogP contribution in [0.2, 0.25) is 0 Å². The molecule has 1 rings (SSSR count). The van der Waals surface area contributed by atoms with Crippen LogP contribution in [0.1, 0.15) is 39.5 Å². The maximum Gasteiger partial charge on any atom is 0.123 e. The van der Waals surface area contributed by atoms with Crippen LogP contribution in [0.15, 0.2) is 0 Å². The molecule has 0 spiro atoms. The summed E-state index contributed by atoms with van der Waals surface area (Å²) < 4.78 is 0. The van der Waals surface area contributed by atoms with E-state index in [1.807, 2.05) is 0 Å². The Morgan fingerprint density at radius 2 is 1.21 bits per heavy atom. The van der Waals surface area contributed by atoms with Crippen LogP contribution in [0, 0.1) is 23.7 Å². The molecule has 1 fully saturated rings. The zero-order valence-electron chi connectivity index (χ0n) is 9.11. The summed E-state index contributed by atoms with van der Waals surface area (Å²) in [5, 5.41) is 0. The highest BCUT2D eigenvalue weighted by atomic mass is 16.1. The molecule has 0 amide bonds. The van der Waals surface area contributed by atoms with Gasteiger partial charge < -0.3 is 9.59 Å². The lowest BCUT2D eigenvalue weighted by Crippen LogP contribution is -2.25. The molecular formula is C12H20O2. The molecule has 0 aliphatic heterocycles. The van der Waals surface area contributed by atoms with Crippen molar-refractivity contribution in [2.75, 3.05) is 0 Å². The summed E-state index contributed by atoms with van der Waals surface area (Å²) in [5.41, 5.74) is 0. The molecule has 1 aliphatic rings. The van der Waals surface area contributed by atoms with Gasteiger partial charge in [0, 0.05) is 11.8 Å². The van der Waals surface area contributed by atoms with Crippen molar-refractivity contribution in [2.45, 2.75) is 39.5 Å². The Hall–Kier alpha value is -0.660. The molecule has 0 saturated heterocycles. The smallest absolute Gasteiger partial charge is 0.123 e. The molecule has 0 radical (unpaired) electrons. The van der Waals surface area contributed by atoms with E-state index in [-0.39, 0.29) is 11.8 Å². The number of rotatable bonds is 2. The molecule has 1 aliphatic carbocycles. The van der Waals surface area contributed by atoms with Crippen LogP contribution in [-0.4, -0.2) is 12.6 Å². The number of hydrogen-bond acceptors (Lipinski definition) is 2. The van der Waals surface area contributed by atoms with Crippen LogP contribution in [0.3, 0.4) is 0 Å². The fraction of sp³-hybridized carbons (Fsp3) is 0.833. The van der Waals surface area contributed by atoms with E-state index in [9.17, 15) is 9.59 Å². The first-order chi connectivity index (χ1) is 6.67. The van der Waals surface area contributed by atoms with Gasteiger partial charge in [0.05, 0.1) is 0 Å². The monoisotopic (exact) mass is 196 g/mol. The van der Waals surface area contributed by atoms with E-state index >= 15 is 0 Å². The molecule has 0 aromatic rings. The number of hydrogen-bond donors (Lipinski definition) is 0. The normalized spacial score (nSPS) is 39.6. The standard InChI is InChI=1S/C12H20O2/c1-9-3-4-10(2)6-12(8-14)11(5-9)7-13/h7-12H,3-6H2,1-2H3. The first kappa shape index (κ1) is 11.4. The molecule has 0 bridgehead atoms. The lowest BCUT2D eigenvalue weighted by atomic mass is 9.76. The third-order valence-corrected chi connectivity index (χ3v) is 3.40. The maximum absolute atomic E-state index is 10.9. The van der Waals surface area contributed by atoms with E-state index in [0.717, 1.165) is 25.4 Å². The maximum atomic E-state index is 10.9. The summed E-state index contributed by atoms with van der Waals surface area (Å²) in [6.07, 6.45) is 6.12. The average molecular weight is 196 g/mol. The van der Waals surface area contributed by atoms with Gasteiger partial charge in [-0.3, -0.25) is 0 Å². The molecule has 1 saturated carbocycles. The SMILES string of the molecule is CC1CCC(C)CC(C=O)C(C=O)C1. The van der Waals surface area contributed by atoms with E-state index in [4.69, 9.17) is 0 Å². The highest BCUT2D eigenvalue weighted by molar-refractivity contribution is 5.64. The van der Waals surface area contributed by atoms with Gasteiger partial charge in [-0.25, -0.2) is 0 Å². The average Bonchev–Trinajstić information content (AvgIpc) is 2.17. The molecule has 14 heavy (non-hydrogen) atoms. The van der Waals surface area contributed by atoms with Gasteiger partial charge in [-0.15, -0.1) is 0 Å². The van der Waals surface area contributed by atoms with Crippen LogP contribution in [0.5, 0.6) is 0 Å². The molecule has 2 nitrogen and oxygen atoms in total. The summed E-state index contributed by atoms with van der Waals surface area (Å²) in [6.45, 7) is 4.35. The lowest BCUT2D eigenvalue weighted by Gasteiger charge is -2.27. The van der Waals surface area contributed by atoms with Crippen molar-refractivity contribution in [3.05, 3.63) is 0 Å². The quantitative estimate of drug-likeness (QED) is 0.636. The van der Waals surface area contributed by atoms with Crippen LogP contribution in [-0.2, 0) is 9.59 Å². The molecule has 0 aromatic carbocycles. The fourth-order valence-corrected chi connectivity index (χ4v) is 2.40. The predicted octanol–water partition coefficient (Wildman–Crippen LogP) is 2.46. The van der Waals surface area contributed by atoms with Crippen LogP contribution < -0.4 is 0 Å². The van der Waals surface area contributed by atoms with Gasteiger partial charge in [-0.2, -0.15) is 0 Å². The first-order valence-corrected chi connectivity index (χ1v) is 5.58. The van der Waals surface area contributed by atoms with Crippen LogP contribution in [0.25, 0.3) is 0 Å².